The molecule has 0 fully saturated rings. The molecule has 1 aromatic heterocycles. The van der Waals surface area contributed by atoms with Crippen molar-refractivity contribution in [2.45, 2.75) is 26.0 Å². The number of amides is 1. The number of likely N-dealkylation sites (N-methyl/N-ethyl adjacent to an activating group) is 1. The van der Waals surface area contributed by atoms with E-state index >= 15 is 0 Å². The van der Waals surface area contributed by atoms with E-state index in [1.54, 1.807) is 19.2 Å². The van der Waals surface area contributed by atoms with Crippen molar-refractivity contribution < 1.29 is 18.4 Å². The van der Waals surface area contributed by atoms with Crippen LogP contribution in [0.2, 0.25) is 5.02 Å². The first-order chi connectivity index (χ1) is 13.5. The molecule has 2 aromatic carbocycles. The summed E-state index contributed by atoms with van der Waals surface area (Å²) in [7, 11) is 1.62. The van der Waals surface area contributed by atoms with Crippen LogP contribution < -0.4 is 4.74 Å². The highest BCUT2D eigenvalue weighted by Crippen LogP contribution is 2.25. The quantitative estimate of drug-likeness (QED) is 0.586. The van der Waals surface area contributed by atoms with Gasteiger partial charge in [0.25, 0.3) is 5.91 Å². The fraction of sp³-hybridized carbons (Fsp3) is 0.250. The van der Waals surface area contributed by atoms with Crippen molar-refractivity contribution in [2.24, 2.45) is 0 Å². The van der Waals surface area contributed by atoms with E-state index in [-0.39, 0.29) is 24.2 Å². The summed E-state index contributed by atoms with van der Waals surface area (Å²) in [5.41, 5.74) is 0.652. The molecule has 0 aliphatic rings. The van der Waals surface area contributed by atoms with Gasteiger partial charge in [0.2, 0.25) is 11.7 Å². The summed E-state index contributed by atoms with van der Waals surface area (Å²) in [6, 6.07) is 12.7. The third-order valence-corrected chi connectivity index (χ3v) is 4.40. The highest BCUT2D eigenvalue weighted by Gasteiger charge is 2.24. The van der Waals surface area contributed by atoms with Gasteiger partial charge < -0.3 is 14.2 Å². The Labute approximate surface area is 166 Å². The lowest BCUT2D eigenvalue weighted by Gasteiger charge is -2.22. The topological polar surface area (TPSA) is 68.5 Å². The number of benzene rings is 2. The van der Waals surface area contributed by atoms with Crippen LogP contribution in [0.1, 0.15) is 19.2 Å². The Morgan fingerprint density at radius 1 is 1.25 bits per heavy atom. The predicted molar refractivity (Wildman–Crippen MR) is 102 cm³/mol. The minimum absolute atomic E-state index is 0.125. The van der Waals surface area contributed by atoms with E-state index in [4.69, 9.17) is 20.9 Å². The Balaban J connectivity index is 1.66. The molecule has 0 aliphatic heterocycles. The van der Waals surface area contributed by atoms with Crippen LogP contribution in [0.15, 0.2) is 53.1 Å². The number of nitrogens with zero attached hydrogens (tertiary/aromatic N) is 3. The number of hydrogen-bond donors (Lipinski definition) is 0. The largest absolute Gasteiger partial charge is 0.481 e. The van der Waals surface area contributed by atoms with Crippen LogP contribution >= 0.6 is 11.6 Å². The van der Waals surface area contributed by atoms with Gasteiger partial charge in [-0.2, -0.15) is 4.98 Å². The van der Waals surface area contributed by atoms with Gasteiger partial charge in [-0.05, 0) is 42.8 Å². The number of rotatable bonds is 7. The van der Waals surface area contributed by atoms with Crippen molar-refractivity contribution in [1.82, 2.24) is 15.0 Å². The van der Waals surface area contributed by atoms with Gasteiger partial charge in [-0.1, -0.05) is 35.8 Å². The van der Waals surface area contributed by atoms with Crippen molar-refractivity contribution in [3.63, 3.8) is 0 Å². The molecule has 0 unspecified atom stereocenters. The van der Waals surface area contributed by atoms with Gasteiger partial charge in [-0.15, -0.1) is 0 Å². The molecule has 1 atom stereocenters. The van der Waals surface area contributed by atoms with Crippen molar-refractivity contribution in [2.75, 3.05) is 7.05 Å². The number of halogens is 2. The first kappa shape index (κ1) is 19.8. The predicted octanol–water partition coefficient (Wildman–Crippen LogP) is 4.35. The molecule has 0 N–H and O–H groups in total. The Kier molecular flexibility index (Phi) is 6.26. The lowest BCUT2D eigenvalue weighted by atomic mass is 10.2. The van der Waals surface area contributed by atoms with Gasteiger partial charge in [-0.25, -0.2) is 4.39 Å². The van der Waals surface area contributed by atoms with Gasteiger partial charge in [0.05, 0.1) is 11.6 Å². The van der Waals surface area contributed by atoms with Crippen LogP contribution in [0.25, 0.3) is 11.4 Å². The number of ether oxygens (including phenoxy) is 1. The highest BCUT2D eigenvalue weighted by atomic mass is 35.5. The SMILES string of the molecule is CC[C@@H](Oc1ccc(F)cc1)C(=O)N(C)Cc1nc(-c2ccccc2Cl)no1. The van der Waals surface area contributed by atoms with Gasteiger partial charge in [0.1, 0.15) is 11.6 Å². The summed E-state index contributed by atoms with van der Waals surface area (Å²) >= 11 is 6.15. The van der Waals surface area contributed by atoms with Gasteiger partial charge in [-0.3, -0.25) is 4.79 Å². The molecule has 28 heavy (non-hydrogen) atoms. The number of hydrogen-bond acceptors (Lipinski definition) is 5. The second-order valence-electron chi connectivity index (χ2n) is 6.15. The summed E-state index contributed by atoms with van der Waals surface area (Å²) in [5, 5.41) is 4.44. The van der Waals surface area contributed by atoms with Crippen LogP contribution in [-0.4, -0.2) is 34.1 Å². The second kappa shape index (κ2) is 8.84. The van der Waals surface area contributed by atoms with E-state index in [0.717, 1.165) is 0 Å². The average Bonchev–Trinajstić information content (AvgIpc) is 3.15. The van der Waals surface area contributed by atoms with Crippen LogP contribution in [0.3, 0.4) is 0 Å². The molecule has 3 aromatic rings. The molecule has 6 nitrogen and oxygen atoms in total. The van der Waals surface area contributed by atoms with E-state index in [1.165, 1.54) is 29.2 Å². The van der Waals surface area contributed by atoms with E-state index < -0.39 is 6.10 Å². The zero-order valence-electron chi connectivity index (χ0n) is 15.4. The molecule has 0 radical (unpaired) electrons. The maximum absolute atomic E-state index is 13.0. The lowest BCUT2D eigenvalue weighted by Crippen LogP contribution is -2.39. The molecule has 0 saturated heterocycles. The fourth-order valence-electron chi connectivity index (χ4n) is 2.58. The zero-order valence-corrected chi connectivity index (χ0v) is 16.2. The number of carbonyl (C=O) groups excluding carboxylic acids is 1. The molecule has 0 aliphatic carbocycles. The second-order valence-corrected chi connectivity index (χ2v) is 6.56. The van der Waals surface area contributed by atoms with Crippen LogP contribution in [0.4, 0.5) is 4.39 Å². The lowest BCUT2D eigenvalue weighted by molar-refractivity contribution is -0.138. The zero-order chi connectivity index (χ0) is 20.1. The molecule has 8 heteroatoms. The summed E-state index contributed by atoms with van der Waals surface area (Å²) in [6.07, 6.45) is -0.253. The molecular weight excluding hydrogens is 385 g/mol. The molecule has 3 rings (SSSR count). The highest BCUT2D eigenvalue weighted by molar-refractivity contribution is 6.33. The van der Waals surface area contributed by atoms with Gasteiger partial charge in [0.15, 0.2) is 6.10 Å². The third-order valence-electron chi connectivity index (χ3n) is 4.07. The minimum atomic E-state index is -0.707. The minimum Gasteiger partial charge on any atom is -0.481 e. The fourth-order valence-corrected chi connectivity index (χ4v) is 2.80. The van der Waals surface area contributed by atoms with Gasteiger partial charge in [0, 0.05) is 12.6 Å². The van der Waals surface area contributed by atoms with E-state index in [9.17, 15) is 9.18 Å². The van der Waals surface area contributed by atoms with Crippen molar-refractivity contribution in [3.8, 4) is 17.1 Å². The normalized spacial score (nSPS) is 11.9. The maximum Gasteiger partial charge on any atom is 0.263 e. The monoisotopic (exact) mass is 403 g/mol. The Bertz CT molecular complexity index is 946. The summed E-state index contributed by atoms with van der Waals surface area (Å²) in [6.45, 7) is 1.96. The molecule has 0 bridgehead atoms. The number of carbonyl (C=O) groups is 1. The standard InChI is InChI=1S/C20H19ClFN3O3/c1-3-17(27-14-10-8-13(22)9-11-14)20(26)25(2)12-18-23-19(24-28-18)15-6-4-5-7-16(15)21/h4-11,17H,3,12H2,1-2H3/t17-/m1/s1. The van der Waals surface area contributed by atoms with E-state index in [0.29, 0.717) is 28.6 Å². The molecule has 0 saturated carbocycles. The average molecular weight is 404 g/mol. The van der Waals surface area contributed by atoms with Crippen molar-refractivity contribution in [3.05, 3.63) is 65.3 Å². The number of aromatic nitrogens is 2. The first-order valence-corrected chi connectivity index (χ1v) is 9.10. The maximum atomic E-state index is 13.0. The Morgan fingerprint density at radius 2 is 1.96 bits per heavy atom. The summed E-state index contributed by atoms with van der Waals surface area (Å²) < 4.78 is 24.0. The van der Waals surface area contributed by atoms with Gasteiger partial charge >= 0.3 is 0 Å². The molecule has 1 heterocycles. The Morgan fingerprint density at radius 3 is 2.64 bits per heavy atom. The van der Waals surface area contributed by atoms with Crippen LogP contribution in [0.5, 0.6) is 5.75 Å². The van der Waals surface area contributed by atoms with E-state index in [1.807, 2.05) is 19.1 Å². The summed E-state index contributed by atoms with van der Waals surface area (Å²) in [4.78, 5) is 18.4. The van der Waals surface area contributed by atoms with Crippen molar-refractivity contribution >= 4 is 17.5 Å². The Hall–Kier alpha value is -2.93. The molecule has 0 spiro atoms. The molecule has 1 amide bonds. The third kappa shape index (κ3) is 4.67. The molecular formula is C20H19ClFN3O3. The molecule has 146 valence electrons. The first-order valence-electron chi connectivity index (χ1n) is 8.72. The summed E-state index contributed by atoms with van der Waals surface area (Å²) in [5.74, 6) is 0.450. The van der Waals surface area contributed by atoms with Crippen molar-refractivity contribution in [1.29, 1.82) is 0 Å². The van der Waals surface area contributed by atoms with Crippen LogP contribution in [0, 0.1) is 5.82 Å². The van der Waals surface area contributed by atoms with E-state index in [2.05, 4.69) is 10.1 Å². The van der Waals surface area contributed by atoms with Crippen LogP contribution in [-0.2, 0) is 11.3 Å². The smallest absolute Gasteiger partial charge is 0.263 e.